The highest BCUT2D eigenvalue weighted by Crippen LogP contribution is 2.33. The number of anilines is 1. The van der Waals surface area contributed by atoms with Gasteiger partial charge in [-0.15, -0.1) is 11.3 Å². The molecule has 3 aromatic rings. The van der Waals surface area contributed by atoms with E-state index in [1.165, 1.54) is 16.0 Å². The molecular formula is C17H13Br2NS. The van der Waals surface area contributed by atoms with E-state index >= 15 is 0 Å². The number of hydrogen-bond acceptors (Lipinski definition) is 2. The fraction of sp³-hybridized carbons (Fsp3) is 0.0588. The van der Waals surface area contributed by atoms with Crippen LogP contribution in [0.5, 0.6) is 0 Å². The van der Waals surface area contributed by atoms with Gasteiger partial charge >= 0.3 is 0 Å². The van der Waals surface area contributed by atoms with Crippen LogP contribution in [-0.2, 0) is 6.54 Å². The SMILES string of the molecule is Brc1cc(CNc2ccccc2-c2ccccc2)sc1Br. The van der Waals surface area contributed by atoms with E-state index in [-0.39, 0.29) is 0 Å². The van der Waals surface area contributed by atoms with E-state index in [2.05, 4.69) is 91.8 Å². The molecule has 0 saturated carbocycles. The minimum Gasteiger partial charge on any atom is -0.380 e. The normalized spacial score (nSPS) is 10.6. The van der Waals surface area contributed by atoms with Gasteiger partial charge in [-0.05, 0) is 49.6 Å². The molecule has 3 rings (SSSR count). The number of hydrogen-bond donors (Lipinski definition) is 1. The van der Waals surface area contributed by atoms with E-state index < -0.39 is 0 Å². The van der Waals surface area contributed by atoms with Crippen molar-refractivity contribution in [2.75, 3.05) is 5.32 Å². The van der Waals surface area contributed by atoms with Crippen molar-refractivity contribution in [1.29, 1.82) is 0 Å². The third-order valence-corrected chi connectivity index (χ3v) is 6.42. The fourth-order valence-electron chi connectivity index (χ4n) is 2.17. The van der Waals surface area contributed by atoms with Crippen LogP contribution in [0.2, 0.25) is 0 Å². The second-order valence-electron chi connectivity index (χ2n) is 4.60. The molecule has 0 aliphatic rings. The number of halogens is 2. The van der Waals surface area contributed by atoms with E-state index in [1.807, 2.05) is 6.07 Å². The summed E-state index contributed by atoms with van der Waals surface area (Å²) in [6, 6.07) is 21.0. The highest BCUT2D eigenvalue weighted by atomic mass is 79.9. The number of nitrogens with one attached hydrogen (secondary N) is 1. The number of benzene rings is 2. The smallest absolute Gasteiger partial charge is 0.0843 e. The lowest BCUT2D eigenvalue weighted by Gasteiger charge is -2.11. The van der Waals surface area contributed by atoms with Crippen molar-refractivity contribution in [3.8, 4) is 11.1 Å². The molecule has 0 spiro atoms. The van der Waals surface area contributed by atoms with Crippen LogP contribution in [0.3, 0.4) is 0 Å². The van der Waals surface area contributed by atoms with Gasteiger partial charge in [-0.25, -0.2) is 0 Å². The second-order valence-corrected chi connectivity index (χ2v) is 7.91. The maximum absolute atomic E-state index is 3.54. The van der Waals surface area contributed by atoms with Gasteiger partial charge in [0, 0.05) is 27.1 Å². The van der Waals surface area contributed by atoms with Gasteiger partial charge < -0.3 is 5.32 Å². The van der Waals surface area contributed by atoms with E-state index in [1.54, 1.807) is 11.3 Å². The molecule has 0 radical (unpaired) electrons. The zero-order valence-electron chi connectivity index (χ0n) is 11.1. The topological polar surface area (TPSA) is 12.0 Å². The summed E-state index contributed by atoms with van der Waals surface area (Å²) in [4.78, 5) is 1.29. The van der Waals surface area contributed by atoms with Gasteiger partial charge in [0.1, 0.15) is 0 Å². The van der Waals surface area contributed by atoms with Crippen molar-refractivity contribution in [3.63, 3.8) is 0 Å². The van der Waals surface area contributed by atoms with Crippen LogP contribution in [0.4, 0.5) is 5.69 Å². The minimum atomic E-state index is 0.818. The van der Waals surface area contributed by atoms with Crippen LogP contribution >= 0.6 is 43.2 Å². The molecule has 1 aromatic heterocycles. The molecule has 0 aliphatic carbocycles. The average Bonchev–Trinajstić information content (AvgIpc) is 2.85. The number of para-hydroxylation sites is 1. The van der Waals surface area contributed by atoms with Crippen molar-refractivity contribution in [2.45, 2.75) is 6.54 Å². The third kappa shape index (κ3) is 3.57. The molecule has 2 aromatic carbocycles. The molecule has 0 fully saturated rings. The molecule has 0 saturated heterocycles. The second kappa shape index (κ2) is 6.77. The number of rotatable bonds is 4. The molecule has 0 unspecified atom stereocenters. The molecule has 0 amide bonds. The van der Waals surface area contributed by atoms with Crippen LogP contribution < -0.4 is 5.32 Å². The lowest BCUT2D eigenvalue weighted by Crippen LogP contribution is -1.99. The fourth-order valence-corrected chi connectivity index (χ4v) is 4.28. The van der Waals surface area contributed by atoms with E-state index in [0.29, 0.717) is 0 Å². The highest BCUT2D eigenvalue weighted by Gasteiger charge is 2.06. The Morgan fingerprint density at radius 3 is 2.33 bits per heavy atom. The lowest BCUT2D eigenvalue weighted by molar-refractivity contribution is 1.19. The first-order valence-electron chi connectivity index (χ1n) is 6.56. The Morgan fingerprint density at radius 2 is 1.62 bits per heavy atom. The molecular weight excluding hydrogens is 410 g/mol. The highest BCUT2D eigenvalue weighted by molar-refractivity contribution is 9.13. The Labute approximate surface area is 145 Å². The quantitative estimate of drug-likeness (QED) is 0.502. The predicted molar refractivity (Wildman–Crippen MR) is 98.9 cm³/mol. The van der Waals surface area contributed by atoms with Gasteiger partial charge in [0.2, 0.25) is 0 Å². The summed E-state index contributed by atoms with van der Waals surface area (Å²) in [5, 5.41) is 3.54. The van der Waals surface area contributed by atoms with Gasteiger partial charge in [0.15, 0.2) is 0 Å². The summed E-state index contributed by atoms with van der Waals surface area (Å²) in [6.07, 6.45) is 0. The zero-order chi connectivity index (χ0) is 14.7. The average molecular weight is 423 g/mol. The van der Waals surface area contributed by atoms with E-state index in [0.717, 1.165) is 20.5 Å². The van der Waals surface area contributed by atoms with Gasteiger partial charge in [0.05, 0.1) is 3.79 Å². The summed E-state index contributed by atoms with van der Waals surface area (Å²) in [6.45, 7) is 0.818. The molecule has 0 aliphatic heterocycles. The maximum Gasteiger partial charge on any atom is 0.0843 e. The summed E-state index contributed by atoms with van der Waals surface area (Å²) >= 11 is 8.81. The zero-order valence-corrected chi connectivity index (χ0v) is 15.1. The summed E-state index contributed by atoms with van der Waals surface area (Å²) < 4.78 is 2.25. The summed E-state index contributed by atoms with van der Waals surface area (Å²) in [5.41, 5.74) is 3.62. The van der Waals surface area contributed by atoms with Crippen LogP contribution in [0.1, 0.15) is 4.88 Å². The molecule has 4 heteroatoms. The van der Waals surface area contributed by atoms with Crippen molar-refractivity contribution in [3.05, 3.63) is 73.8 Å². The largest absolute Gasteiger partial charge is 0.380 e. The molecule has 1 nitrogen and oxygen atoms in total. The van der Waals surface area contributed by atoms with Gasteiger partial charge in [-0.2, -0.15) is 0 Å². The first kappa shape index (κ1) is 14.8. The Hall–Kier alpha value is -1.10. The summed E-state index contributed by atoms with van der Waals surface area (Å²) in [5.74, 6) is 0. The Balaban J connectivity index is 1.83. The van der Waals surface area contributed by atoms with Crippen molar-refractivity contribution < 1.29 is 0 Å². The molecule has 21 heavy (non-hydrogen) atoms. The molecule has 1 N–H and O–H groups in total. The molecule has 1 heterocycles. The number of thiophene rings is 1. The van der Waals surface area contributed by atoms with Crippen molar-refractivity contribution in [2.24, 2.45) is 0 Å². The standard InChI is InChI=1S/C17H13Br2NS/c18-15-10-13(21-17(15)19)11-20-16-9-5-4-8-14(16)12-6-2-1-3-7-12/h1-10,20H,11H2. The Morgan fingerprint density at radius 1 is 0.905 bits per heavy atom. The summed E-state index contributed by atoms with van der Waals surface area (Å²) in [7, 11) is 0. The molecule has 106 valence electrons. The Kier molecular flexibility index (Phi) is 4.78. The maximum atomic E-state index is 3.54. The van der Waals surface area contributed by atoms with Gasteiger partial charge in [-0.1, -0.05) is 48.5 Å². The van der Waals surface area contributed by atoms with Crippen molar-refractivity contribution in [1.82, 2.24) is 0 Å². The van der Waals surface area contributed by atoms with Gasteiger partial charge in [0.25, 0.3) is 0 Å². The van der Waals surface area contributed by atoms with Gasteiger partial charge in [-0.3, -0.25) is 0 Å². The molecule has 0 bridgehead atoms. The first-order valence-corrected chi connectivity index (χ1v) is 8.96. The van der Waals surface area contributed by atoms with Crippen molar-refractivity contribution >= 4 is 48.9 Å². The third-order valence-electron chi connectivity index (χ3n) is 3.16. The lowest BCUT2D eigenvalue weighted by atomic mass is 10.0. The van der Waals surface area contributed by atoms with Crippen LogP contribution in [-0.4, -0.2) is 0 Å². The van der Waals surface area contributed by atoms with Crippen LogP contribution in [0.25, 0.3) is 11.1 Å². The Bertz CT molecular complexity index is 718. The van der Waals surface area contributed by atoms with E-state index in [9.17, 15) is 0 Å². The van der Waals surface area contributed by atoms with Crippen LogP contribution in [0.15, 0.2) is 68.9 Å². The monoisotopic (exact) mass is 421 g/mol. The first-order chi connectivity index (χ1) is 10.2. The minimum absolute atomic E-state index is 0.818. The van der Waals surface area contributed by atoms with Crippen LogP contribution in [0, 0.1) is 0 Å². The molecule has 0 atom stereocenters. The predicted octanol–water partition coefficient (Wildman–Crippen LogP) is 6.55. The van der Waals surface area contributed by atoms with E-state index in [4.69, 9.17) is 0 Å².